The summed E-state index contributed by atoms with van der Waals surface area (Å²) in [5.74, 6) is -18.4. The molecule has 0 aromatic heterocycles. The molecule has 0 spiro atoms. The van der Waals surface area contributed by atoms with Gasteiger partial charge in [0.25, 0.3) is 0 Å². The number of hydrogen-bond acceptors (Lipinski definition) is 3. The summed E-state index contributed by atoms with van der Waals surface area (Å²) in [4.78, 5) is 0. The minimum atomic E-state index is -5.60. The van der Waals surface area contributed by atoms with E-state index in [9.17, 15) is 26.3 Å². The fourth-order valence-electron chi connectivity index (χ4n) is 2.32. The van der Waals surface area contributed by atoms with Crippen molar-refractivity contribution in [2.75, 3.05) is 13.7 Å². The Morgan fingerprint density at radius 3 is 2.06 bits per heavy atom. The molecule has 3 atom stereocenters. The zero-order valence-corrected chi connectivity index (χ0v) is 8.39. The van der Waals surface area contributed by atoms with Crippen LogP contribution < -0.4 is 0 Å². The molecule has 3 unspecified atom stereocenters. The molecule has 17 heavy (non-hydrogen) atoms. The van der Waals surface area contributed by atoms with Crippen molar-refractivity contribution in [1.29, 1.82) is 0 Å². The third kappa shape index (κ3) is 1.02. The summed E-state index contributed by atoms with van der Waals surface area (Å²) in [6, 6.07) is 0. The fourth-order valence-corrected chi connectivity index (χ4v) is 2.32. The molecule has 2 rings (SSSR count). The van der Waals surface area contributed by atoms with Gasteiger partial charge in [0.15, 0.2) is 11.9 Å². The fraction of sp³-hybridized carbons (Fsp3) is 1.00. The second-order valence-electron chi connectivity index (χ2n) is 4.02. The van der Waals surface area contributed by atoms with Crippen LogP contribution in [0.4, 0.5) is 26.3 Å². The molecule has 0 amide bonds. The number of ether oxygens (including phenoxy) is 2. The van der Waals surface area contributed by atoms with Gasteiger partial charge in [-0.1, -0.05) is 0 Å². The number of aliphatic hydroxyl groups excluding tert-OH is 1. The lowest BCUT2D eigenvalue weighted by atomic mass is 9.82. The number of hydrogen-bond donors (Lipinski definition) is 1. The zero-order valence-electron chi connectivity index (χ0n) is 8.39. The molecule has 0 aromatic rings. The number of methoxy groups -OCH3 is 1. The van der Waals surface area contributed by atoms with Gasteiger partial charge in [0.05, 0.1) is 6.61 Å². The maximum absolute atomic E-state index is 13.3. The van der Waals surface area contributed by atoms with Crippen LogP contribution in [0.5, 0.6) is 0 Å². The second-order valence-corrected chi connectivity index (χ2v) is 4.02. The molecule has 2 fully saturated rings. The van der Waals surface area contributed by atoms with Crippen molar-refractivity contribution in [3.8, 4) is 0 Å². The Morgan fingerprint density at radius 2 is 1.65 bits per heavy atom. The Kier molecular flexibility index (Phi) is 2.33. The highest BCUT2D eigenvalue weighted by atomic mass is 19.3. The molecule has 2 aliphatic rings. The van der Waals surface area contributed by atoms with Crippen LogP contribution in [0.3, 0.4) is 0 Å². The first kappa shape index (κ1) is 12.9. The molecule has 1 N–H and O–H groups in total. The van der Waals surface area contributed by atoms with Crippen LogP contribution in [0, 0.1) is 5.92 Å². The van der Waals surface area contributed by atoms with Crippen molar-refractivity contribution in [3.05, 3.63) is 0 Å². The largest absolute Gasteiger partial charge is 0.393 e. The Morgan fingerprint density at radius 1 is 1.12 bits per heavy atom. The predicted octanol–water partition coefficient (Wildman–Crippen LogP) is 1.26. The van der Waals surface area contributed by atoms with E-state index in [4.69, 9.17) is 5.11 Å². The Hall–Kier alpha value is -0.540. The van der Waals surface area contributed by atoms with Gasteiger partial charge in [-0.3, -0.25) is 0 Å². The molecule has 3 nitrogen and oxygen atoms in total. The number of aliphatic hydroxyl groups is 1. The normalized spacial score (nSPS) is 45.2. The highest BCUT2D eigenvalue weighted by Gasteiger charge is 2.96. The molecular weight excluding hydrogens is 258 g/mol. The van der Waals surface area contributed by atoms with Gasteiger partial charge in [-0.05, 0) is 0 Å². The monoisotopic (exact) mass is 266 g/mol. The van der Waals surface area contributed by atoms with Gasteiger partial charge in [-0.2, -0.15) is 26.3 Å². The van der Waals surface area contributed by atoms with Gasteiger partial charge >= 0.3 is 17.8 Å². The van der Waals surface area contributed by atoms with E-state index < -0.39 is 42.2 Å². The molecule has 1 saturated heterocycles. The number of rotatable bonds is 2. The highest BCUT2D eigenvalue weighted by Crippen LogP contribution is 2.70. The number of fused-ring (bicyclic) bond motifs is 1. The van der Waals surface area contributed by atoms with Crippen molar-refractivity contribution < 1.29 is 40.9 Å². The van der Waals surface area contributed by atoms with E-state index in [1.807, 2.05) is 0 Å². The molecule has 100 valence electrons. The van der Waals surface area contributed by atoms with Crippen LogP contribution >= 0.6 is 0 Å². The average Bonchev–Trinajstić information content (AvgIpc) is 2.21. The van der Waals surface area contributed by atoms with E-state index in [1.54, 1.807) is 0 Å². The summed E-state index contributed by atoms with van der Waals surface area (Å²) in [6.45, 7) is -1.64. The first-order valence-electron chi connectivity index (χ1n) is 4.55. The van der Waals surface area contributed by atoms with Crippen LogP contribution in [-0.2, 0) is 9.47 Å². The molecule has 1 aliphatic carbocycles. The van der Waals surface area contributed by atoms with Gasteiger partial charge in [0.2, 0.25) is 0 Å². The van der Waals surface area contributed by atoms with Crippen molar-refractivity contribution in [3.63, 3.8) is 0 Å². The van der Waals surface area contributed by atoms with Crippen LogP contribution in [0.1, 0.15) is 0 Å². The van der Waals surface area contributed by atoms with Crippen LogP contribution in [0.2, 0.25) is 0 Å². The highest BCUT2D eigenvalue weighted by molar-refractivity contribution is 5.27. The van der Waals surface area contributed by atoms with Crippen LogP contribution in [0.15, 0.2) is 0 Å². The lowest BCUT2D eigenvalue weighted by Crippen LogP contribution is -2.69. The molecule has 1 heterocycles. The summed E-state index contributed by atoms with van der Waals surface area (Å²) >= 11 is 0. The SMILES string of the molecule is COC1OC2(CO)C1C(F)(F)C(F)(F)C2(F)F. The Bertz CT molecular complexity index is 346. The first-order chi connectivity index (χ1) is 7.60. The summed E-state index contributed by atoms with van der Waals surface area (Å²) in [5.41, 5.74) is -3.29. The summed E-state index contributed by atoms with van der Waals surface area (Å²) in [6.07, 6.45) is -1.89. The van der Waals surface area contributed by atoms with Crippen molar-refractivity contribution in [2.24, 2.45) is 5.92 Å². The molecule has 1 saturated carbocycles. The molecular formula is C8H8F6O3. The zero-order chi connectivity index (χ0) is 13.3. The third-order valence-electron chi connectivity index (χ3n) is 3.30. The predicted molar refractivity (Wildman–Crippen MR) is 40.0 cm³/mol. The van der Waals surface area contributed by atoms with Gasteiger partial charge < -0.3 is 14.6 Å². The smallest absolute Gasteiger partial charge is 0.375 e. The minimum absolute atomic E-state index is 0.858. The van der Waals surface area contributed by atoms with Crippen molar-refractivity contribution in [2.45, 2.75) is 29.7 Å². The topological polar surface area (TPSA) is 38.7 Å². The molecule has 9 heteroatoms. The molecule has 0 bridgehead atoms. The van der Waals surface area contributed by atoms with Gasteiger partial charge in [-0.25, -0.2) is 0 Å². The maximum atomic E-state index is 13.3. The Balaban J connectivity index is 2.55. The summed E-state index contributed by atoms with van der Waals surface area (Å²) in [5, 5.41) is 8.73. The Labute approximate surface area is 91.3 Å². The van der Waals surface area contributed by atoms with E-state index in [0.29, 0.717) is 0 Å². The summed E-state index contributed by atoms with van der Waals surface area (Å²) < 4.78 is 87.8. The molecule has 1 aliphatic heterocycles. The van der Waals surface area contributed by atoms with Crippen LogP contribution in [0.25, 0.3) is 0 Å². The average molecular weight is 266 g/mol. The lowest BCUT2D eigenvalue weighted by molar-refractivity contribution is -0.405. The number of halogens is 6. The van der Waals surface area contributed by atoms with Gasteiger partial charge in [-0.15, -0.1) is 0 Å². The second kappa shape index (κ2) is 3.07. The van der Waals surface area contributed by atoms with E-state index in [1.165, 1.54) is 0 Å². The quantitative estimate of drug-likeness (QED) is 0.765. The summed E-state index contributed by atoms with van der Waals surface area (Å²) in [7, 11) is 0.858. The third-order valence-corrected chi connectivity index (χ3v) is 3.30. The van der Waals surface area contributed by atoms with E-state index in [2.05, 4.69) is 9.47 Å². The standard InChI is InChI=1S/C8H8F6O3/c1-16-4-3-5(2-15,17-4)7(11,12)8(13,14)6(3,9)10/h3-4,15H,2H2,1H3. The minimum Gasteiger partial charge on any atom is -0.393 e. The lowest BCUT2D eigenvalue weighted by Gasteiger charge is -2.50. The van der Waals surface area contributed by atoms with Gasteiger partial charge in [0, 0.05) is 7.11 Å². The van der Waals surface area contributed by atoms with Gasteiger partial charge in [0.1, 0.15) is 5.92 Å². The molecule has 0 aromatic carbocycles. The van der Waals surface area contributed by atoms with E-state index in [0.717, 1.165) is 7.11 Å². The van der Waals surface area contributed by atoms with Crippen molar-refractivity contribution in [1.82, 2.24) is 0 Å². The molecule has 0 radical (unpaired) electrons. The van der Waals surface area contributed by atoms with Crippen LogP contribution in [-0.4, -0.2) is 48.5 Å². The first-order valence-corrected chi connectivity index (χ1v) is 4.55. The maximum Gasteiger partial charge on any atom is 0.375 e. The van der Waals surface area contributed by atoms with E-state index >= 15 is 0 Å². The van der Waals surface area contributed by atoms with E-state index in [-0.39, 0.29) is 0 Å². The number of alkyl halides is 6. The van der Waals surface area contributed by atoms with Crippen molar-refractivity contribution >= 4 is 0 Å².